The summed E-state index contributed by atoms with van der Waals surface area (Å²) in [6, 6.07) is 8.82. The zero-order valence-corrected chi connectivity index (χ0v) is 9.83. The van der Waals surface area contributed by atoms with Crippen LogP contribution in [0.3, 0.4) is 0 Å². The van der Waals surface area contributed by atoms with E-state index >= 15 is 0 Å². The van der Waals surface area contributed by atoms with Crippen molar-refractivity contribution in [3.63, 3.8) is 0 Å². The first-order valence-corrected chi connectivity index (χ1v) is 5.32. The predicted octanol–water partition coefficient (Wildman–Crippen LogP) is 1.51. The molecule has 3 N–H and O–H groups in total. The second-order valence-corrected chi connectivity index (χ2v) is 4.22. The Kier molecular flexibility index (Phi) is 4.59. The van der Waals surface area contributed by atoms with Gasteiger partial charge in [-0.15, -0.1) is 0 Å². The van der Waals surface area contributed by atoms with Gasteiger partial charge in [0.05, 0.1) is 0 Å². The maximum absolute atomic E-state index is 5.55. The van der Waals surface area contributed by atoms with Crippen LogP contribution in [0.15, 0.2) is 24.3 Å². The van der Waals surface area contributed by atoms with Crippen molar-refractivity contribution in [1.29, 1.82) is 0 Å². The maximum atomic E-state index is 5.55. The fourth-order valence-corrected chi connectivity index (χ4v) is 1.41. The Bertz CT molecular complexity index is 279. The van der Waals surface area contributed by atoms with E-state index in [-0.39, 0.29) is 0 Å². The van der Waals surface area contributed by atoms with Crippen molar-refractivity contribution in [2.24, 2.45) is 5.73 Å². The summed E-state index contributed by atoms with van der Waals surface area (Å²) < 4.78 is 0. The van der Waals surface area contributed by atoms with Crippen LogP contribution in [0, 0.1) is 0 Å². The van der Waals surface area contributed by atoms with Crippen LogP contribution in [-0.4, -0.2) is 31.6 Å². The Morgan fingerprint density at radius 1 is 1.27 bits per heavy atom. The third-order valence-corrected chi connectivity index (χ3v) is 2.22. The topological polar surface area (TPSA) is 41.3 Å². The van der Waals surface area contributed by atoms with Gasteiger partial charge < -0.3 is 16.0 Å². The van der Waals surface area contributed by atoms with E-state index in [0.717, 1.165) is 12.2 Å². The quantitative estimate of drug-likeness (QED) is 0.769. The lowest BCUT2D eigenvalue weighted by Gasteiger charge is -2.14. The normalized spacial score (nSPS) is 12.9. The molecule has 0 aliphatic carbocycles. The minimum atomic E-state index is 0.324. The molecule has 3 nitrogen and oxygen atoms in total. The predicted molar refractivity (Wildman–Crippen MR) is 66.0 cm³/mol. The van der Waals surface area contributed by atoms with Crippen LogP contribution in [-0.2, 0) is 6.54 Å². The van der Waals surface area contributed by atoms with Crippen LogP contribution in [0.5, 0.6) is 0 Å². The zero-order valence-electron chi connectivity index (χ0n) is 9.83. The first kappa shape index (κ1) is 12.0. The third-order valence-electron chi connectivity index (χ3n) is 2.22. The van der Waals surface area contributed by atoms with Crippen LogP contribution in [0.2, 0.25) is 0 Å². The summed E-state index contributed by atoms with van der Waals surface area (Å²) in [7, 11) is 4.14. The first-order chi connectivity index (χ1) is 7.11. The van der Waals surface area contributed by atoms with Gasteiger partial charge in [0, 0.05) is 24.8 Å². The Hall–Kier alpha value is -1.06. The maximum Gasteiger partial charge on any atom is 0.0355 e. The van der Waals surface area contributed by atoms with Gasteiger partial charge in [0.25, 0.3) is 0 Å². The molecule has 0 radical (unpaired) electrons. The minimum Gasteiger partial charge on any atom is -0.381 e. The number of rotatable bonds is 5. The van der Waals surface area contributed by atoms with Gasteiger partial charge in [0.1, 0.15) is 0 Å². The molecule has 0 heterocycles. The first-order valence-electron chi connectivity index (χ1n) is 5.32. The number of benzene rings is 1. The molecule has 3 heteroatoms. The van der Waals surface area contributed by atoms with Crippen LogP contribution in [0.25, 0.3) is 0 Å². The summed E-state index contributed by atoms with van der Waals surface area (Å²) in [6.07, 6.45) is 0. The fraction of sp³-hybridized carbons (Fsp3) is 0.500. The summed E-state index contributed by atoms with van der Waals surface area (Å²) >= 11 is 0. The van der Waals surface area contributed by atoms with E-state index in [1.54, 1.807) is 0 Å². The number of nitrogens with two attached hydrogens (primary N) is 1. The number of nitrogens with one attached hydrogen (secondary N) is 1. The van der Waals surface area contributed by atoms with E-state index in [0.29, 0.717) is 12.6 Å². The van der Waals surface area contributed by atoms with E-state index in [9.17, 15) is 0 Å². The Labute approximate surface area is 92.3 Å². The standard InChI is InChI=1S/C12H21N3/c1-10(8-13)14-12-6-4-11(5-7-12)9-15(2)3/h4-7,10,14H,8-9,13H2,1-3H3. The largest absolute Gasteiger partial charge is 0.381 e. The van der Waals surface area contributed by atoms with E-state index in [4.69, 9.17) is 5.73 Å². The molecular weight excluding hydrogens is 186 g/mol. The molecule has 1 unspecified atom stereocenters. The Morgan fingerprint density at radius 3 is 2.33 bits per heavy atom. The van der Waals surface area contributed by atoms with Crippen molar-refractivity contribution in [1.82, 2.24) is 4.90 Å². The van der Waals surface area contributed by atoms with Crippen LogP contribution in [0.4, 0.5) is 5.69 Å². The van der Waals surface area contributed by atoms with Crippen molar-refractivity contribution < 1.29 is 0 Å². The van der Waals surface area contributed by atoms with Gasteiger partial charge in [-0.1, -0.05) is 12.1 Å². The molecule has 0 spiro atoms. The molecule has 1 rings (SSSR count). The molecule has 0 aliphatic heterocycles. The van der Waals surface area contributed by atoms with Crippen molar-refractivity contribution in [3.05, 3.63) is 29.8 Å². The molecule has 0 aromatic heterocycles. The lowest BCUT2D eigenvalue weighted by Crippen LogP contribution is -2.25. The lowest BCUT2D eigenvalue weighted by molar-refractivity contribution is 0.402. The summed E-state index contributed by atoms with van der Waals surface area (Å²) in [5.41, 5.74) is 8.01. The molecular formula is C12H21N3. The monoisotopic (exact) mass is 207 g/mol. The van der Waals surface area contributed by atoms with Crippen LogP contribution < -0.4 is 11.1 Å². The molecule has 0 saturated carbocycles. The Balaban J connectivity index is 2.56. The molecule has 15 heavy (non-hydrogen) atoms. The average molecular weight is 207 g/mol. The van der Waals surface area contributed by atoms with E-state index in [1.807, 2.05) is 0 Å². The summed E-state index contributed by atoms with van der Waals surface area (Å²) in [5, 5.41) is 3.33. The molecule has 1 aromatic carbocycles. The summed E-state index contributed by atoms with van der Waals surface area (Å²) in [6.45, 7) is 3.71. The second-order valence-electron chi connectivity index (χ2n) is 4.22. The van der Waals surface area contributed by atoms with Crippen molar-refractivity contribution in [3.8, 4) is 0 Å². The highest BCUT2D eigenvalue weighted by molar-refractivity contribution is 5.45. The summed E-state index contributed by atoms with van der Waals surface area (Å²) in [4.78, 5) is 2.16. The average Bonchev–Trinajstić information content (AvgIpc) is 2.20. The van der Waals surface area contributed by atoms with Gasteiger partial charge in [-0.25, -0.2) is 0 Å². The molecule has 0 fully saturated rings. The fourth-order valence-electron chi connectivity index (χ4n) is 1.41. The second kappa shape index (κ2) is 5.73. The number of hydrogen-bond donors (Lipinski definition) is 2. The van der Waals surface area contributed by atoms with Gasteiger partial charge >= 0.3 is 0 Å². The third kappa shape index (κ3) is 4.32. The molecule has 0 amide bonds. The molecule has 0 aliphatic rings. The van der Waals surface area contributed by atoms with Gasteiger partial charge in [-0.2, -0.15) is 0 Å². The minimum absolute atomic E-state index is 0.324. The molecule has 0 bridgehead atoms. The highest BCUT2D eigenvalue weighted by atomic mass is 15.0. The van der Waals surface area contributed by atoms with Crippen molar-refractivity contribution in [2.75, 3.05) is 26.0 Å². The van der Waals surface area contributed by atoms with Crippen LogP contribution >= 0.6 is 0 Å². The molecule has 1 aromatic rings. The highest BCUT2D eigenvalue weighted by Gasteiger charge is 1.99. The number of anilines is 1. The Morgan fingerprint density at radius 2 is 1.87 bits per heavy atom. The van der Waals surface area contributed by atoms with Gasteiger partial charge in [-0.3, -0.25) is 0 Å². The molecule has 84 valence electrons. The van der Waals surface area contributed by atoms with Crippen LogP contribution in [0.1, 0.15) is 12.5 Å². The molecule has 1 atom stereocenters. The summed E-state index contributed by atoms with van der Waals surface area (Å²) in [5.74, 6) is 0. The van der Waals surface area contributed by atoms with Crippen molar-refractivity contribution in [2.45, 2.75) is 19.5 Å². The highest BCUT2D eigenvalue weighted by Crippen LogP contribution is 2.11. The smallest absolute Gasteiger partial charge is 0.0355 e. The SMILES string of the molecule is CC(CN)Nc1ccc(CN(C)C)cc1. The van der Waals surface area contributed by atoms with Gasteiger partial charge in [-0.05, 0) is 38.7 Å². The number of nitrogens with zero attached hydrogens (tertiary/aromatic N) is 1. The van der Waals surface area contributed by atoms with Gasteiger partial charge in [0.15, 0.2) is 0 Å². The van der Waals surface area contributed by atoms with Crippen molar-refractivity contribution >= 4 is 5.69 Å². The lowest BCUT2D eigenvalue weighted by atomic mass is 10.2. The molecule has 0 saturated heterocycles. The van der Waals surface area contributed by atoms with E-state index in [2.05, 4.69) is 55.5 Å². The van der Waals surface area contributed by atoms with Gasteiger partial charge in [0.2, 0.25) is 0 Å². The number of hydrogen-bond acceptors (Lipinski definition) is 3. The zero-order chi connectivity index (χ0) is 11.3. The van der Waals surface area contributed by atoms with E-state index < -0.39 is 0 Å². The van der Waals surface area contributed by atoms with E-state index in [1.165, 1.54) is 5.56 Å².